The molecular formula is C19H27N3O4S. The van der Waals surface area contributed by atoms with Crippen LogP contribution < -0.4 is 14.9 Å². The average molecular weight is 394 g/mol. The first kappa shape index (κ1) is 19.8. The van der Waals surface area contributed by atoms with Crippen LogP contribution in [0.3, 0.4) is 0 Å². The predicted octanol–water partition coefficient (Wildman–Crippen LogP) is 1.57. The largest absolute Gasteiger partial charge is 0.356 e. The molecule has 1 aromatic carbocycles. The number of nitrogens with one attached hydrogen (secondary N) is 2. The minimum Gasteiger partial charge on any atom is -0.356 e. The molecule has 0 saturated heterocycles. The van der Waals surface area contributed by atoms with Crippen molar-refractivity contribution in [1.82, 2.24) is 10.0 Å². The lowest BCUT2D eigenvalue weighted by Crippen LogP contribution is -2.36. The van der Waals surface area contributed by atoms with E-state index in [0.717, 1.165) is 30.5 Å². The number of sulfonamides is 1. The summed E-state index contributed by atoms with van der Waals surface area (Å²) in [6.45, 7) is 4.58. The molecule has 0 spiro atoms. The molecule has 8 heteroatoms. The Morgan fingerprint density at radius 3 is 2.63 bits per heavy atom. The van der Waals surface area contributed by atoms with Crippen molar-refractivity contribution >= 4 is 27.5 Å². The van der Waals surface area contributed by atoms with Crippen LogP contribution in [0, 0.1) is 5.92 Å². The Hall–Kier alpha value is -1.93. The second-order valence-corrected chi connectivity index (χ2v) is 9.09. The fraction of sp³-hybridized carbons (Fsp3) is 0.579. The maximum Gasteiger partial charge on any atom is 0.240 e. The van der Waals surface area contributed by atoms with Crippen LogP contribution in [0.4, 0.5) is 5.69 Å². The number of carbonyl (C=O) groups excluding carboxylic acids is 2. The highest BCUT2D eigenvalue weighted by Gasteiger charge is 2.39. The molecule has 2 amide bonds. The first-order valence-electron chi connectivity index (χ1n) is 9.56. The molecule has 1 aliphatic heterocycles. The third-order valence-corrected chi connectivity index (χ3v) is 6.42. The monoisotopic (exact) mass is 393 g/mol. The number of hydrogen-bond acceptors (Lipinski definition) is 4. The summed E-state index contributed by atoms with van der Waals surface area (Å²) in [5.74, 6) is 0.104. The Bertz CT molecular complexity index is 833. The normalized spacial score (nSPS) is 19.0. The highest BCUT2D eigenvalue weighted by atomic mass is 32.2. The fourth-order valence-corrected chi connectivity index (χ4v) is 4.45. The molecule has 0 aromatic heterocycles. The van der Waals surface area contributed by atoms with Gasteiger partial charge in [-0.2, -0.15) is 0 Å². The summed E-state index contributed by atoms with van der Waals surface area (Å²) in [5.41, 5.74) is 1.69. The summed E-state index contributed by atoms with van der Waals surface area (Å²) in [7, 11) is -3.69. The maximum atomic E-state index is 12.5. The summed E-state index contributed by atoms with van der Waals surface area (Å²) in [5, 5.41) is 2.72. The molecule has 1 aromatic rings. The van der Waals surface area contributed by atoms with Gasteiger partial charge >= 0.3 is 0 Å². The van der Waals surface area contributed by atoms with Gasteiger partial charge in [-0.25, -0.2) is 13.1 Å². The number of fused-ring (bicyclic) bond motifs is 1. The predicted molar refractivity (Wildman–Crippen MR) is 103 cm³/mol. The van der Waals surface area contributed by atoms with E-state index in [-0.39, 0.29) is 41.6 Å². The summed E-state index contributed by atoms with van der Waals surface area (Å²) < 4.78 is 27.5. The molecular weight excluding hydrogens is 366 g/mol. The lowest BCUT2D eigenvalue weighted by atomic mass is 10.1. The summed E-state index contributed by atoms with van der Waals surface area (Å²) in [6.07, 6.45) is 3.48. The van der Waals surface area contributed by atoms with E-state index < -0.39 is 10.0 Å². The van der Waals surface area contributed by atoms with E-state index in [2.05, 4.69) is 10.0 Å². The quantitative estimate of drug-likeness (QED) is 0.701. The Balaban J connectivity index is 1.66. The maximum absolute atomic E-state index is 12.5. The molecule has 3 rings (SSSR count). The molecule has 0 bridgehead atoms. The van der Waals surface area contributed by atoms with Crippen LogP contribution >= 0.6 is 0 Å². The van der Waals surface area contributed by atoms with E-state index in [1.54, 1.807) is 12.1 Å². The Morgan fingerprint density at radius 1 is 1.22 bits per heavy atom. The van der Waals surface area contributed by atoms with Crippen molar-refractivity contribution in [2.45, 2.75) is 56.9 Å². The number of amides is 2. The van der Waals surface area contributed by atoms with Gasteiger partial charge in [0.2, 0.25) is 21.8 Å². The lowest BCUT2D eigenvalue weighted by molar-refractivity contribution is -0.121. The zero-order valence-corrected chi connectivity index (χ0v) is 16.6. The number of carbonyl (C=O) groups is 2. The highest BCUT2D eigenvalue weighted by Crippen LogP contribution is 2.39. The second-order valence-electron chi connectivity index (χ2n) is 7.32. The summed E-state index contributed by atoms with van der Waals surface area (Å²) in [4.78, 5) is 26.1. The van der Waals surface area contributed by atoms with E-state index in [1.165, 1.54) is 6.07 Å². The molecule has 1 heterocycles. The van der Waals surface area contributed by atoms with Gasteiger partial charge in [-0.05, 0) is 56.4 Å². The van der Waals surface area contributed by atoms with Gasteiger partial charge in [-0.3, -0.25) is 9.59 Å². The molecule has 1 aliphatic carbocycles. The van der Waals surface area contributed by atoms with Crippen molar-refractivity contribution in [3.05, 3.63) is 23.8 Å². The molecule has 1 fully saturated rings. The van der Waals surface area contributed by atoms with E-state index in [0.29, 0.717) is 13.0 Å². The molecule has 2 aliphatic rings. The van der Waals surface area contributed by atoms with Gasteiger partial charge in [0.15, 0.2) is 0 Å². The molecule has 0 radical (unpaired) electrons. The molecule has 1 unspecified atom stereocenters. The van der Waals surface area contributed by atoms with Gasteiger partial charge in [-0.15, -0.1) is 0 Å². The summed E-state index contributed by atoms with van der Waals surface area (Å²) in [6, 6.07) is 4.94. The smallest absolute Gasteiger partial charge is 0.240 e. The van der Waals surface area contributed by atoms with Crippen LogP contribution in [-0.4, -0.2) is 39.4 Å². The highest BCUT2D eigenvalue weighted by molar-refractivity contribution is 7.89. The second kappa shape index (κ2) is 7.98. The van der Waals surface area contributed by atoms with Gasteiger partial charge < -0.3 is 10.2 Å². The lowest BCUT2D eigenvalue weighted by Gasteiger charge is -2.22. The van der Waals surface area contributed by atoms with Crippen LogP contribution in [0.2, 0.25) is 0 Å². The van der Waals surface area contributed by atoms with Crippen molar-refractivity contribution in [3.8, 4) is 0 Å². The number of rotatable bonds is 8. The van der Waals surface area contributed by atoms with E-state index in [1.807, 2.05) is 18.7 Å². The standard InChI is InChI=1S/C19H27N3O4S/c1-3-9-20-18(23)8-10-21-27(25,26)16-6-7-17-15(12-16)11-13(2)22(17)19(24)14-4-5-14/h6-7,12-14,21H,3-5,8-11H2,1-2H3,(H,20,23). The van der Waals surface area contributed by atoms with Crippen molar-refractivity contribution in [3.63, 3.8) is 0 Å². The molecule has 27 heavy (non-hydrogen) atoms. The SMILES string of the molecule is CCCNC(=O)CCNS(=O)(=O)c1ccc2c(c1)CC(C)N2C(=O)C1CC1. The molecule has 1 atom stereocenters. The molecule has 148 valence electrons. The van der Waals surface area contributed by atoms with E-state index in [9.17, 15) is 18.0 Å². The van der Waals surface area contributed by atoms with Gasteiger partial charge in [0.25, 0.3) is 0 Å². The summed E-state index contributed by atoms with van der Waals surface area (Å²) >= 11 is 0. The zero-order valence-electron chi connectivity index (χ0n) is 15.8. The minimum absolute atomic E-state index is 0.0428. The van der Waals surface area contributed by atoms with Gasteiger partial charge in [0.05, 0.1) is 4.90 Å². The zero-order chi connectivity index (χ0) is 19.6. The van der Waals surface area contributed by atoms with Crippen LogP contribution in [0.15, 0.2) is 23.1 Å². The van der Waals surface area contributed by atoms with E-state index >= 15 is 0 Å². The van der Waals surface area contributed by atoms with Gasteiger partial charge in [0, 0.05) is 37.2 Å². The van der Waals surface area contributed by atoms with Crippen molar-refractivity contribution < 1.29 is 18.0 Å². The molecule has 7 nitrogen and oxygen atoms in total. The Kier molecular flexibility index (Phi) is 5.86. The molecule has 1 saturated carbocycles. The van der Waals surface area contributed by atoms with Crippen molar-refractivity contribution in [2.75, 3.05) is 18.0 Å². The first-order chi connectivity index (χ1) is 12.8. The first-order valence-corrected chi connectivity index (χ1v) is 11.0. The van der Waals surface area contributed by atoms with Crippen LogP contribution in [0.1, 0.15) is 45.1 Å². The number of nitrogens with zero attached hydrogens (tertiary/aromatic N) is 1. The van der Waals surface area contributed by atoms with Crippen LogP contribution in [-0.2, 0) is 26.0 Å². The van der Waals surface area contributed by atoms with Crippen LogP contribution in [0.25, 0.3) is 0 Å². The van der Waals surface area contributed by atoms with Gasteiger partial charge in [-0.1, -0.05) is 6.92 Å². The number of anilines is 1. The average Bonchev–Trinajstić information content (AvgIpc) is 3.41. The third-order valence-electron chi connectivity index (χ3n) is 4.96. The van der Waals surface area contributed by atoms with Gasteiger partial charge in [0.1, 0.15) is 0 Å². The third kappa shape index (κ3) is 4.50. The van der Waals surface area contributed by atoms with Crippen molar-refractivity contribution in [1.29, 1.82) is 0 Å². The number of benzene rings is 1. The molecule has 2 N–H and O–H groups in total. The van der Waals surface area contributed by atoms with E-state index in [4.69, 9.17) is 0 Å². The number of hydrogen-bond donors (Lipinski definition) is 2. The van der Waals surface area contributed by atoms with Crippen molar-refractivity contribution in [2.24, 2.45) is 5.92 Å². The Labute approximate surface area is 160 Å². The topological polar surface area (TPSA) is 95.6 Å². The van der Waals surface area contributed by atoms with Crippen LogP contribution in [0.5, 0.6) is 0 Å². The minimum atomic E-state index is -3.69. The Morgan fingerprint density at radius 2 is 1.96 bits per heavy atom. The fourth-order valence-electron chi connectivity index (χ4n) is 3.37.